The summed E-state index contributed by atoms with van der Waals surface area (Å²) in [5.41, 5.74) is 0.852. The van der Waals surface area contributed by atoms with Gasteiger partial charge in [-0.1, -0.05) is 12.3 Å². The number of pyridine rings is 1. The van der Waals surface area contributed by atoms with Gasteiger partial charge in [-0.05, 0) is 11.6 Å². The Kier molecular flexibility index (Phi) is 4.02. The summed E-state index contributed by atoms with van der Waals surface area (Å²) in [5, 5.41) is 0.921. The largest absolute Gasteiger partial charge is 1.00 e. The van der Waals surface area contributed by atoms with Crippen molar-refractivity contribution in [1.29, 1.82) is 0 Å². The molecule has 0 spiro atoms. The number of ether oxygens (including phenoxy) is 2. The van der Waals surface area contributed by atoms with E-state index >= 15 is 0 Å². The third kappa shape index (κ3) is 2.25. The van der Waals surface area contributed by atoms with E-state index in [1.165, 1.54) is 0 Å². The molecule has 72 valence electrons. The zero-order valence-electron chi connectivity index (χ0n) is 9.07. The molecule has 0 fully saturated rings. The van der Waals surface area contributed by atoms with Crippen LogP contribution < -0.4 is 28.3 Å². The number of hydrogen-bond acceptors (Lipinski definition) is 3. The maximum Gasteiger partial charge on any atom is 1.00 e. The van der Waals surface area contributed by atoms with Crippen molar-refractivity contribution in [3.63, 3.8) is 0 Å². The molecule has 0 saturated carbocycles. The monoisotopic (exact) mass is 195 g/mol. The summed E-state index contributed by atoms with van der Waals surface area (Å²) in [4.78, 5) is 4.20. The molecule has 0 aliphatic rings. The molecule has 0 amide bonds. The molecule has 3 nitrogen and oxygen atoms in total. The molecular weight excluding hydrogens is 185 g/mol. The van der Waals surface area contributed by atoms with E-state index in [1.807, 2.05) is 12.1 Å². The zero-order valence-corrected chi connectivity index (χ0v) is 9.07. The predicted octanol–water partition coefficient (Wildman–Crippen LogP) is -0.944. The number of methoxy groups -OCH3 is 2. The van der Waals surface area contributed by atoms with Gasteiger partial charge in [0.2, 0.25) is 0 Å². The SMILES string of the molecule is COc1cc2[c-]ccnc2cc1OC.[Li+]. The van der Waals surface area contributed by atoms with Crippen LogP contribution in [0.2, 0.25) is 0 Å². The molecule has 4 heteroatoms. The molecule has 2 aromatic rings. The minimum Gasteiger partial charge on any atom is -0.503 e. The fourth-order valence-corrected chi connectivity index (χ4v) is 1.34. The number of aromatic nitrogens is 1. The Morgan fingerprint density at radius 2 is 1.80 bits per heavy atom. The molecular formula is C11H10LiNO2. The third-order valence-electron chi connectivity index (χ3n) is 2.03. The van der Waals surface area contributed by atoms with Crippen molar-refractivity contribution in [3.8, 4) is 11.5 Å². The van der Waals surface area contributed by atoms with Crippen LogP contribution in [-0.4, -0.2) is 19.2 Å². The van der Waals surface area contributed by atoms with Crippen molar-refractivity contribution in [2.45, 2.75) is 0 Å². The third-order valence-corrected chi connectivity index (χ3v) is 2.03. The van der Waals surface area contributed by atoms with Gasteiger partial charge in [0.25, 0.3) is 0 Å². The van der Waals surface area contributed by atoms with Crippen molar-refractivity contribution in [3.05, 3.63) is 30.5 Å². The normalized spacial score (nSPS) is 9.47. The first-order valence-electron chi connectivity index (χ1n) is 4.23. The maximum atomic E-state index is 5.17. The fraction of sp³-hybridized carbons (Fsp3) is 0.182. The average Bonchev–Trinajstić information content (AvgIpc) is 2.27. The first-order valence-corrected chi connectivity index (χ1v) is 4.23. The molecule has 1 heterocycles. The summed E-state index contributed by atoms with van der Waals surface area (Å²) >= 11 is 0. The van der Waals surface area contributed by atoms with Gasteiger partial charge in [-0.25, -0.2) is 0 Å². The molecule has 1 aromatic carbocycles. The van der Waals surface area contributed by atoms with Crippen molar-refractivity contribution in [2.75, 3.05) is 14.2 Å². The topological polar surface area (TPSA) is 31.4 Å². The Morgan fingerprint density at radius 1 is 1.13 bits per heavy atom. The number of benzene rings is 1. The Labute approximate surface area is 101 Å². The summed E-state index contributed by atoms with van der Waals surface area (Å²) in [6.45, 7) is 0. The van der Waals surface area contributed by atoms with Crippen LogP contribution in [-0.2, 0) is 0 Å². The minimum atomic E-state index is 0. The second-order valence-electron chi connectivity index (χ2n) is 2.81. The molecule has 1 aromatic heterocycles. The summed E-state index contributed by atoms with van der Waals surface area (Å²) in [6, 6.07) is 8.55. The first kappa shape index (κ1) is 11.9. The summed E-state index contributed by atoms with van der Waals surface area (Å²) in [5.74, 6) is 1.39. The van der Waals surface area contributed by atoms with Crippen LogP contribution in [0.1, 0.15) is 0 Å². The van der Waals surface area contributed by atoms with Crippen LogP contribution in [0.3, 0.4) is 0 Å². The predicted molar refractivity (Wildman–Crippen MR) is 53.7 cm³/mol. The van der Waals surface area contributed by atoms with E-state index in [0.29, 0.717) is 11.5 Å². The Balaban J connectivity index is 0.00000112. The molecule has 0 saturated heterocycles. The molecule has 0 unspecified atom stereocenters. The number of rotatable bonds is 2. The van der Waals surface area contributed by atoms with Crippen LogP contribution in [0, 0.1) is 6.07 Å². The number of hydrogen-bond donors (Lipinski definition) is 0. The molecule has 0 aliphatic heterocycles. The standard InChI is InChI=1S/C11H10NO2.Li/c1-13-10-6-8-4-3-5-12-9(8)7-11(10)14-2;/h3,5-7H,1-2H3;/q-1;+1. The molecule has 0 N–H and O–H groups in total. The van der Waals surface area contributed by atoms with E-state index < -0.39 is 0 Å². The second-order valence-corrected chi connectivity index (χ2v) is 2.81. The van der Waals surface area contributed by atoms with E-state index in [2.05, 4.69) is 11.1 Å². The van der Waals surface area contributed by atoms with Crippen LogP contribution in [0.4, 0.5) is 0 Å². The van der Waals surface area contributed by atoms with E-state index in [-0.39, 0.29) is 18.9 Å². The smallest absolute Gasteiger partial charge is 0.503 e. The quantitative estimate of drug-likeness (QED) is 0.457. The Hall–Kier alpha value is -1.17. The van der Waals surface area contributed by atoms with E-state index in [4.69, 9.17) is 9.47 Å². The van der Waals surface area contributed by atoms with Crippen molar-refractivity contribution >= 4 is 10.9 Å². The van der Waals surface area contributed by atoms with Gasteiger partial charge in [-0.15, -0.1) is 17.5 Å². The van der Waals surface area contributed by atoms with E-state index in [0.717, 1.165) is 10.9 Å². The van der Waals surface area contributed by atoms with Crippen LogP contribution >= 0.6 is 0 Å². The van der Waals surface area contributed by atoms with Gasteiger partial charge in [0.1, 0.15) is 11.5 Å². The van der Waals surface area contributed by atoms with Crippen LogP contribution in [0.25, 0.3) is 10.9 Å². The summed E-state index contributed by atoms with van der Waals surface area (Å²) in [7, 11) is 3.22. The first-order chi connectivity index (χ1) is 6.85. The summed E-state index contributed by atoms with van der Waals surface area (Å²) in [6.07, 6.45) is 1.70. The summed E-state index contributed by atoms with van der Waals surface area (Å²) < 4.78 is 10.3. The van der Waals surface area contributed by atoms with Crippen molar-refractivity contribution in [1.82, 2.24) is 4.98 Å². The van der Waals surface area contributed by atoms with Gasteiger partial charge in [0, 0.05) is 0 Å². The Morgan fingerprint density at radius 3 is 2.47 bits per heavy atom. The number of nitrogens with zero attached hydrogens (tertiary/aromatic N) is 1. The van der Waals surface area contributed by atoms with Gasteiger partial charge < -0.3 is 14.5 Å². The van der Waals surface area contributed by atoms with Gasteiger partial charge in [-0.3, -0.25) is 0 Å². The maximum absolute atomic E-state index is 5.17. The second kappa shape index (κ2) is 5.06. The van der Waals surface area contributed by atoms with E-state index in [9.17, 15) is 0 Å². The van der Waals surface area contributed by atoms with Crippen LogP contribution in [0.5, 0.6) is 11.5 Å². The van der Waals surface area contributed by atoms with Crippen molar-refractivity contribution < 1.29 is 28.3 Å². The van der Waals surface area contributed by atoms with Crippen molar-refractivity contribution in [2.24, 2.45) is 0 Å². The van der Waals surface area contributed by atoms with Gasteiger partial charge >= 0.3 is 18.9 Å². The fourth-order valence-electron chi connectivity index (χ4n) is 1.34. The molecule has 0 bridgehead atoms. The average molecular weight is 195 g/mol. The molecule has 0 radical (unpaired) electrons. The van der Waals surface area contributed by atoms with Gasteiger partial charge in [0.05, 0.1) is 14.2 Å². The zero-order chi connectivity index (χ0) is 9.97. The minimum absolute atomic E-state index is 0. The van der Waals surface area contributed by atoms with Gasteiger partial charge in [0.15, 0.2) is 0 Å². The molecule has 0 aliphatic carbocycles. The Bertz CT molecular complexity index is 417. The molecule has 15 heavy (non-hydrogen) atoms. The molecule has 0 atom stereocenters. The van der Waals surface area contributed by atoms with E-state index in [1.54, 1.807) is 26.5 Å². The van der Waals surface area contributed by atoms with Crippen LogP contribution in [0.15, 0.2) is 24.4 Å². The van der Waals surface area contributed by atoms with Gasteiger partial charge in [-0.2, -0.15) is 0 Å². The molecule has 2 rings (SSSR count). The number of fused-ring (bicyclic) bond motifs is 1.